The highest BCUT2D eigenvalue weighted by molar-refractivity contribution is 5.79. The third-order valence-electron chi connectivity index (χ3n) is 3.43. The van der Waals surface area contributed by atoms with E-state index in [-0.39, 0.29) is 17.9 Å². The van der Waals surface area contributed by atoms with E-state index in [1.165, 1.54) is 12.8 Å². The van der Waals surface area contributed by atoms with Gasteiger partial charge in [0.2, 0.25) is 5.91 Å². The van der Waals surface area contributed by atoms with E-state index in [4.69, 9.17) is 0 Å². The zero-order chi connectivity index (χ0) is 10.1. The van der Waals surface area contributed by atoms with Gasteiger partial charge in [-0.1, -0.05) is 6.92 Å². The molecule has 0 bridgehead atoms. The van der Waals surface area contributed by atoms with Crippen molar-refractivity contribution >= 4 is 5.91 Å². The van der Waals surface area contributed by atoms with Crippen LogP contribution in [0.1, 0.15) is 32.6 Å². The number of carbonyl (C=O) groups is 1. The predicted molar refractivity (Wildman–Crippen MR) is 53.7 cm³/mol. The first kappa shape index (κ1) is 9.97. The molecule has 0 aromatic rings. The van der Waals surface area contributed by atoms with Gasteiger partial charge in [0.05, 0.1) is 6.10 Å². The molecule has 0 aromatic carbocycles. The highest BCUT2D eigenvalue weighted by Crippen LogP contribution is 2.37. The van der Waals surface area contributed by atoms with Crippen LogP contribution in [0.3, 0.4) is 0 Å². The fourth-order valence-electron chi connectivity index (χ4n) is 2.24. The molecule has 1 amide bonds. The Labute approximate surface area is 85.1 Å². The van der Waals surface area contributed by atoms with Crippen molar-refractivity contribution in [2.24, 2.45) is 11.8 Å². The van der Waals surface area contributed by atoms with Crippen LogP contribution in [0.4, 0.5) is 0 Å². The third kappa shape index (κ3) is 2.08. The standard InChI is InChI=1S/C11H19NO2/c1-8(9-4-5-9)11(14)12-6-2-3-10(13)7-12/h8-10,13H,2-7H2,1H3/t8?,10-/m0/s1. The van der Waals surface area contributed by atoms with Gasteiger partial charge in [-0.25, -0.2) is 0 Å². The Morgan fingerprint density at radius 3 is 2.71 bits per heavy atom. The van der Waals surface area contributed by atoms with Crippen molar-refractivity contribution in [3.05, 3.63) is 0 Å². The summed E-state index contributed by atoms with van der Waals surface area (Å²) in [6.45, 7) is 3.42. The number of likely N-dealkylation sites (tertiary alicyclic amines) is 1. The minimum atomic E-state index is -0.292. The van der Waals surface area contributed by atoms with E-state index >= 15 is 0 Å². The van der Waals surface area contributed by atoms with E-state index < -0.39 is 0 Å². The van der Waals surface area contributed by atoms with Gasteiger partial charge in [0.25, 0.3) is 0 Å². The number of piperidine rings is 1. The summed E-state index contributed by atoms with van der Waals surface area (Å²) in [6.07, 6.45) is 3.93. The SMILES string of the molecule is CC(C(=O)N1CCC[C@H](O)C1)C1CC1. The summed E-state index contributed by atoms with van der Waals surface area (Å²) >= 11 is 0. The number of hydrogen-bond donors (Lipinski definition) is 1. The minimum Gasteiger partial charge on any atom is -0.391 e. The minimum absolute atomic E-state index is 0.181. The van der Waals surface area contributed by atoms with Crippen molar-refractivity contribution in [1.29, 1.82) is 0 Å². The van der Waals surface area contributed by atoms with E-state index in [2.05, 4.69) is 0 Å². The van der Waals surface area contributed by atoms with Crippen LogP contribution in [0.2, 0.25) is 0 Å². The van der Waals surface area contributed by atoms with E-state index in [9.17, 15) is 9.90 Å². The molecule has 1 saturated carbocycles. The van der Waals surface area contributed by atoms with Crippen molar-refractivity contribution in [3.8, 4) is 0 Å². The Balaban J connectivity index is 1.89. The molecule has 1 aliphatic heterocycles. The first-order valence-corrected chi connectivity index (χ1v) is 5.65. The van der Waals surface area contributed by atoms with E-state index in [1.807, 2.05) is 11.8 Å². The highest BCUT2D eigenvalue weighted by atomic mass is 16.3. The summed E-state index contributed by atoms with van der Waals surface area (Å²) in [7, 11) is 0. The van der Waals surface area contributed by atoms with Crippen molar-refractivity contribution in [3.63, 3.8) is 0 Å². The summed E-state index contributed by atoms with van der Waals surface area (Å²) in [4.78, 5) is 13.8. The monoisotopic (exact) mass is 197 g/mol. The Bertz CT molecular complexity index is 225. The molecule has 1 unspecified atom stereocenters. The number of aliphatic hydroxyl groups excluding tert-OH is 1. The third-order valence-corrected chi connectivity index (χ3v) is 3.43. The lowest BCUT2D eigenvalue weighted by Crippen LogP contribution is -2.44. The summed E-state index contributed by atoms with van der Waals surface area (Å²) in [6, 6.07) is 0. The molecule has 3 nitrogen and oxygen atoms in total. The van der Waals surface area contributed by atoms with Crippen LogP contribution in [0.5, 0.6) is 0 Å². The van der Waals surface area contributed by atoms with Gasteiger partial charge in [0, 0.05) is 19.0 Å². The number of hydrogen-bond acceptors (Lipinski definition) is 2. The van der Waals surface area contributed by atoms with Gasteiger partial charge in [-0.3, -0.25) is 4.79 Å². The Kier molecular flexibility index (Phi) is 2.77. The second-order valence-corrected chi connectivity index (χ2v) is 4.71. The van der Waals surface area contributed by atoms with Gasteiger partial charge >= 0.3 is 0 Å². The smallest absolute Gasteiger partial charge is 0.225 e. The summed E-state index contributed by atoms with van der Waals surface area (Å²) in [5, 5.41) is 9.47. The molecule has 2 atom stereocenters. The average molecular weight is 197 g/mol. The highest BCUT2D eigenvalue weighted by Gasteiger charge is 2.35. The van der Waals surface area contributed by atoms with Crippen LogP contribution >= 0.6 is 0 Å². The molecule has 2 rings (SSSR count). The first-order valence-electron chi connectivity index (χ1n) is 5.65. The molecule has 14 heavy (non-hydrogen) atoms. The van der Waals surface area contributed by atoms with Crippen molar-refractivity contribution in [2.45, 2.75) is 38.7 Å². The van der Waals surface area contributed by atoms with Crippen LogP contribution < -0.4 is 0 Å². The summed E-state index contributed by atoms with van der Waals surface area (Å²) in [5.74, 6) is 1.06. The van der Waals surface area contributed by atoms with Gasteiger partial charge < -0.3 is 10.0 Å². The zero-order valence-electron chi connectivity index (χ0n) is 8.78. The maximum Gasteiger partial charge on any atom is 0.225 e. The number of rotatable bonds is 2. The molecule has 2 aliphatic rings. The van der Waals surface area contributed by atoms with Crippen LogP contribution in [0.25, 0.3) is 0 Å². The van der Waals surface area contributed by atoms with Crippen LogP contribution in [0.15, 0.2) is 0 Å². The van der Waals surface area contributed by atoms with Crippen molar-refractivity contribution < 1.29 is 9.90 Å². The number of amides is 1. The van der Waals surface area contributed by atoms with Crippen LogP contribution in [-0.4, -0.2) is 35.1 Å². The van der Waals surface area contributed by atoms with E-state index in [0.29, 0.717) is 12.5 Å². The summed E-state index contributed by atoms with van der Waals surface area (Å²) < 4.78 is 0. The topological polar surface area (TPSA) is 40.5 Å². The fraction of sp³-hybridized carbons (Fsp3) is 0.909. The molecule has 80 valence electrons. The maximum absolute atomic E-state index is 11.9. The molecule has 1 heterocycles. The van der Waals surface area contributed by atoms with E-state index in [0.717, 1.165) is 19.4 Å². The molecule has 1 saturated heterocycles. The zero-order valence-corrected chi connectivity index (χ0v) is 8.78. The lowest BCUT2D eigenvalue weighted by molar-refractivity contribution is -0.138. The van der Waals surface area contributed by atoms with Gasteiger partial charge in [-0.05, 0) is 31.6 Å². The predicted octanol–water partition coefficient (Wildman–Crippen LogP) is 1.02. The Morgan fingerprint density at radius 1 is 1.43 bits per heavy atom. The molecular weight excluding hydrogens is 178 g/mol. The van der Waals surface area contributed by atoms with Crippen LogP contribution in [-0.2, 0) is 4.79 Å². The van der Waals surface area contributed by atoms with Crippen molar-refractivity contribution in [2.75, 3.05) is 13.1 Å². The lowest BCUT2D eigenvalue weighted by Gasteiger charge is -2.32. The summed E-state index contributed by atoms with van der Waals surface area (Å²) in [5.41, 5.74) is 0. The molecule has 1 aliphatic carbocycles. The number of β-amino-alcohol motifs (C(OH)–C–C–N with tert-alkyl or cyclic N) is 1. The quantitative estimate of drug-likeness (QED) is 0.718. The largest absolute Gasteiger partial charge is 0.391 e. The van der Waals surface area contributed by atoms with Crippen molar-refractivity contribution in [1.82, 2.24) is 4.90 Å². The molecular formula is C11H19NO2. The molecule has 3 heteroatoms. The second-order valence-electron chi connectivity index (χ2n) is 4.71. The van der Waals surface area contributed by atoms with Gasteiger partial charge in [-0.2, -0.15) is 0 Å². The molecule has 2 fully saturated rings. The van der Waals surface area contributed by atoms with Crippen LogP contribution in [0, 0.1) is 11.8 Å². The number of aliphatic hydroxyl groups is 1. The first-order chi connectivity index (χ1) is 6.68. The van der Waals surface area contributed by atoms with Gasteiger partial charge in [-0.15, -0.1) is 0 Å². The Morgan fingerprint density at radius 2 is 2.14 bits per heavy atom. The average Bonchev–Trinajstić information content (AvgIpc) is 2.99. The normalized spacial score (nSPS) is 30.1. The second kappa shape index (κ2) is 3.89. The maximum atomic E-state index is 11.9. The molecule has 0 radical (unpaired) electrons. The molecule has 0 spiro atoms. The van der Waals surface area contributed by atoms with Gasteiger partial charge in [0.1, 0.15) is 0 Å². The fourth-order valence-corrected chi connectivity index (χ4v) is 2.24. The Hall–Kier alpha value is -0.570. The number of nitrogens with zero attached hydrogens (tertiary/aromatic N) is 1. The van der Waals surface area contributed by atoms with E-state index in [1.54, 1.807) is 0 Å². The van der Waals surface area contributed by atoms with Gasteiger partial charge in [0.15, 0.2) is 0 Å². The molecule has 1 N–H and O–H groups in total. The lowest BCUT2D eigenvalue weighted by atomic mass is 10.0. The number of carbonyl (C=O) groups excluding carboxylic acids is 1. The molecule has 0 aromatic heterocycles.